The van der Waals surface area contributed by atoms with Gasteiger partial charge in [0.2, 0.25) is 0 Å². The van der Waals surface area contributed by atoms with E-state index >= 15 is 0 Å². The summed E-state index contributed by atoms with van der Waals surface area (Å²) < 4.78 is 0. The molecule has 0 saturated carbocycles. The minimum absolute atomic E-state index is 1.17. The molecule has 0 fully saturated rings. The number of rotatable bonds is 2. The Kier molecular flexibility index (Phi) is 10.4. The summed E-state index contributed by atoms with van der Waals surface area (Å²) in [5.74, 6) is 0. The molecule has 0 aromatic carbocycles. The van der Waals surface area contributed by atoms with Gasteiger partial charge in [0.1, 0.15) is 0 Å². The van der Waals surface area contributed by atoms with E-state index in [9.17, 15) is 0 Å². The highest BCUT2D eigenvalue weighted by atomic mass is 14.0. The molecule has 0 aliphatic heterocycles. The second-order valence-electron chi connectivity index (χ2n) is 4.14. The molecule has 0 atom stereocenters. The molecule has 0 amide bonds. The Morgan fingerprint density at radius 2 is 1.27 bits per heavy atom. The van der Waals surface area contributed by atoms with Crippen LogP contribution in [0.3, 0.4) is 0 Å². The molecule has 0 aliphatic rings. The van der Waals surface area contributed by atoms with Gasteiger partial charge >= 0.3 is 0 Å². The van der Waals surface area contributed by atoms with Crippen LogP contribution in [0.15, 0.2) is 47.1 Å². The normalized spacial score (nSPS) is 11.4. The highest BCUT2D eigenvalue weighted by Crippen LogP contribution is 2.12. The second-order valence-corrected chi connectivity index (χ2v) is 4.14. The standard InChI is InChI=1S/C11H18.C4H8/c1-6-10(5)11(7-2)8-9(3)4;1-4(2)3/h6-8H,1-5H3;1H2,2-3H3/b10-6+,11-7+;. The quantitative estimate of drug-likeness (QED) is 0.416. The molecule has 0 heteroatoms. The van der Waals surface area contributed by atoms with E-state index in [0.717, 1.165) is 0 Å². The second kappa shape index (κ2) is 9.51. The molecule has 0 aliphatic carbocycles. The third-order valence-corrected chi connectivity index (χ3v) is 1.64. The van der Waals surface area contributed by atoms with Crippen molar-refractivity contribution in [1.82, 2.24) is 0 Å². The summed E-state index contributed by atoms with van der Waals surface area (Å²) in [5.41, 5.74) is 5.18. The molecule has 0 spiro atoms. The van der Waals surface area contributed by atoms with Gasteiger partial charge in [-0.1, -0.05) is 29.4 Å². The molecule has 0 aromatic rings. The third kappa shape index (κ3) is 13.0. The lowest BCUT2D eigenvalue weighted by Crippen LogP contribution is -1.80. The highest BCUT2D eigenvalue weighted by molar-refractivity contribution is 5.38. The average Bonchev–Trinajstić information content (AvgIpc) is 2.11. The summed E-state index contributed by atoms with van der Waals surface area (Å²) >= 11 is 0. The molecule has 0 N–H and O–H groups in total. The summed E-state index contributed by atoms with van der Waals surface area (Å²) in [6.45, 7) is 18.0. The number of allylic oxidation sites excluding steroid dienone is 7. The minimum Gasteiger partial charge on any atom is -0.100 e. The van der Waals surface area contributed by atoms with E-state index in [4.69, 9.17) is 0 Å². The van der Waals surface area contributed by atoms with Gasteiger partial charge in [0.15, 0.2) is 0 Å². The summed E-state index contributed by atoms with van der Waals surface area (Å²) in [6.07, 6.45) is 6.48. The van der Waals surface area contributed by atoms with E-state index in [1.165, 1.54) is 22.3 Å². The van der Waals surface area contributed by atoms with Crippen LogP contribution < -0.4 is 0 Å². The van der Waals surface area contributed by atoms with Crippen molar-refractivity contribution in [2.24, 2.45) is 0 Å². The lowest BCUT2D eigenvalue weighted by atomic mass is 10.1. The Morgan fingerprint density at radius 3 is 1.47 bits per heavy atom. The molecule has 0 radical (unpaired) electrons. The average molecular weight is 206 g/mol. The van der Waals surface area contributed by atoms with Gasteiger partial charge in [0.25, 0.3) is 0 Å². The van der Waals surface area contributed by atoms with E-state index in [1.807, 2.05) is 13.8 Å². The van der Waals surface area contributed by atoms with Gasteiger partial charge in [0.05, 0.1) is 0 Å². The van der Waals surface area contributed by atoms with Crippen LogP contribution in [0, 0.1) is 0 Å². The van der Waals surface area contributed by atoms with Crippen molar-refractivity contribution >= 4 is 0 Å². The van der Waals surface area contributed by atoms with E-state index in [2.05, 4.69) is 59.4 Å². The maximum Gasteiger partial charge on any atom is -0.0274 e. The summed E-state index contributed by atoms with van der Waals surface area (Å²) in [7, 11) is 0. The minimum atomic E-state index is 1.17. The Hall–Kier alpha value is -1.04. The van der Waals surface area contributed by atoms with Crippen LogP contribution in [0.2, 0.25) is 0 Å². The van der Waals surface area contributed by atoms with Gasteiger partial charge < -0.3 is 0 Å². The summed E-state index contributed by atoms with van der Waals surface area (Å²) in [6, 6.07) is 0. The molecule has 0 unspecified atom stereocenters. The van der Waals surface area contributed by atoms with Crippen LogP contribution in [-0.4, -0.2) is 0 Å². The van der Waals surface area contributed by atoms with E-state index in [-0.39, 0.29) is 0 Å². The van der Waals surface area contributed by atoms with Crippen molar-refractivity contribution in [3.05, 3.63) is 47.1 Å². The maximum absolute atomic E-state index is 3.56. The van der Waals surface area contributed by atoms with Crippen molar-refractivity contribution in [2.45, 2.75) is 48.5 Å². The Balaban J connectivity index is 0. The van der Waals surface area contributed by atoms with Gasteiger partial charge in [-0.15, -0.1) is 6.58 Å². The first-order chi connectivity index (χ1) is 6.84. The van der Waals surface area contributed by atoms with Gasteiger partial charge in [-0.2, -0.15) is 0 Å². The fourth-order valence-electron chi connectivity index (χ4n) is 0.903. The molecule has 0 nitrogen and oxygen atoms in total. The lowest BCUT2D eigenvalue weighted by Gasteiger charge is -2.01. The highest BCUT2D eigenvalue weighted by Gasteiger charge is 1.91. The number of hydrogen-bond acceptors (Lipinski definition) is 0. The van der Waals surface area contributed by atoms with Crippen LogP contribution >= 0.6 is 0 Å². The fourth-order valence-corrected chi connectivity index (χ4v) is 0.903. The fraction of sp³-hybridized carbons (Fsp3) is 0.467. The first-order valence-corrected chi connectivity index (χ1v) is 5.41. The largest absolute Gasteiger partial charge is 0.100 e. The molecule has 0 heterocycles. The first kappa shape index (κ1) is 16.4. The predicted molar refractivity (Wildman–Crippen MR) is 73.1 cm³/mol. The van der Waals surface area contributed by atoms with Crippen molar-refractivity contribution in [3.63, 3.8) is 0 Å². The van der Waals surface area contributed by atoms with E-state index < -0.39 is 0 Å². The van der Waals surface area contributed by atoms with Crippen LogP contribution in [0.25, 0.3) is 0 Å². The van der Waals surface area contributed by atoms with Gasteiger partial charge in [-0.3, -0.25) is 0 Å². The zero-order chi connectivity index (χ0) is 12.4. The lowest BCUT2D eigenvalue weighted by molar-refractivity contribution is 1.32. The first-order valence-electron chi connectivity index (χ1n) is 5.41. The summed E-state index contributed by atoms with van der Waals surface area (Å²) in [4.78, 5) is 0. The molecular formula is C15H26. The predicted octanol–water partition coefficient (Wildman–Crippen LogP) is 5.45. The van der Waals surface area contributed by atoms with Crippen LogP contribution in [0.4, 0.5) is 0 Å². The van der Waals surface area contributed by atoms with Crippen molar-refractivity contribution in [3.8, 4) is 0 Å². The van der Waals surface area contributed by atoms with E-state index in [0.29, 0.717) is 0 Å². The SMILES string of the molecule is C/C=C(C)/C(C=C(C)C)=C/C.C=C(C)C. The molecule has 0 rings (SSSR count). The van der Waals surface area contributed by atoms with Gasteiger partial charge in [-0.05, 0) is 59.6 Å². The Labute approximate surface area is 96.1 Å². The zero-order valence-corrected chi connectivity index (χ0v) is 11.4. The summed E-state index contributed by atoms with van der Waals surface area (Å²) in [5, 5.41) is 0. The van der Waals surface area contributed by atoms with Crippen molar-refractivity contribution in [2.75, 3.05) is 0 Å². The molecule has 0 aromatic heterocycles. The Bertz CT molecular complexity index is 264. The molecule has 15 heavy (non-hydrogen) atoms. The molecule has 0 bridgehead atoms. The molecule has 0 saturated heterocycles. The van der Waals surface area contributed by atoms with Crippen LogP contribution in [0.5, 0.6) is 0 Å². The van der Waals surface area contributed by atoms with Crippen LogP contribution in [-0.2, 0) is 0 Å². The monoisotopic (exact) mass is 206 g/mol. The van der Waals surface area contributed by atoms with Gasteiger partial charge in [0, 0.05) is 0 Å². The van der Waals surface area contributed by atoms with E-state index in [1.54, 1.807) is 0 Å². The molecule has 86 valence electrons. The topological polar surface area (TPSA) is 0 Å². The van der Waals surface area contributed by atoms with Crippen LogP contribution in [0.1, 0.15) is 48.5 Å². The smallest absolute Gasteiger partial charge is 0.0274 e. The van der Waals surface area contributed by atoms with Gasteiger partial charge in [-0.25, -0.2) is 0 Å². The maximum atomic E-state index is 3.56. The Morgan fingerprint density at radius 1 is 0.867 bits per heavy atom. The number of hydrogen-bond donors (Lipinski definition) is 0. The van der Waals surface area contributed by atoms with Crippen molar-refractivity contribution < 1.29 is 0 Å². The molecular weight excluding hydrogens is 180 g/mol. The third-order valence-electron chi connectivity index (χ3n) is 1.64. The zero-order valence-electron chi connectivity index (χ0n) is 11.4. The van der Waals surface area contributed by atoms with Crippen molar-refractivity contribution in [1.29, 1.82) is 0 Å².